The van der Waals surface area contributed by atoms with E-state index in [9.17, 15) is 4.79 Å². The lowest BCUT2D eigenvalue weighted by Gasteiger charge is -2.10. The zero-order valence-corrected chi connectivity index (χ0v) is 20.0. The summed E-state index contributed by atoms with van der Waals surface area (Å²) in [5.41, 5.74) is 4.86. The van der Waals surface area contributed by atoms with E-state index in [-0.39, 0.29) is 11.7 Å². The average Bonchev–Trinajstić information content (AvgIpc) is 3.24. The predicted octanol–water partition coefficient (Wildman–Crippen LogP) is 6.14. The van der Waals surface area contributed by atoms with Crippen molar-refractivity contribution in [3.8, 4) is 17.1 Å². The van der Waals surface area contributed by atoms with Gasteiger partial charge in [-0.25, -0.2) is 5.43 Å². The molecule has 0 atom stereocenters. The maximum Gasteiger partial charge on any atom is 0.250 e. The van der Waals surface area contributed by atoms with E-state index in [1.165, 1.54) is 18.0 Å². The van der Waals surface area contributed by atoms with Crippen molar-refractivity contribution >= 4 is 58.7 Å². The molecule has 4 rings (SSSR count). The molecular formula is C23H16Cl3N5OS. The van der Waals surface area contributed by atoms with E-state index in [1.807, 2.05) is 41.0 Å². The zero-order valence-electron chi connectivity index (χ0n) is 17.0. The largest absolute Gasteiger partial charge is 0.272 e. The fraction of sp³-hybridized carbons (Fsp3) is 0.0435. The molecule has 6 nitrogen and oxygen atoms in total. The molecule has 0 aliphatic heterocycles. The average molecular weight is 517 g/mol. The number of hydrogen-bond acceptors (Lipinski definition) is 5. The van der Waals surface area contributed by atoms with Crippen LogP contribution < -0.4 is 5.43 Å². The lowest BCUT2D eigenvalue weighted by atomic mass is 10.2. The summed E-state index contributed by atoms with van der Waals surface area (Å²) in [6.45, 7) is 0. The van der Waals surface area contributed by atoms with E-state index in [0.717, 1.165) is 11.3 Å². The van der Waals surface area contributed by atoms with Crippen LogP contribution >= 0.6 is 46.6 Å². The fourth-order valence-corrected chi connectivity index (χ4v) is 4.07. The summed E-state index contributed by atoms with van der Waals surface area (Å²) in [6, 6.07) is 21.8. The summed E-state index contributed by atoms with van der Waals surface area (Å²) in [4.78, 5) is 12.3. The summed E-state index contributed by atoms with van der Waals surface area (Å²) in [6.07, 6.45) is 1.50. The molecule has 33 heavy (non-hydrogen) atoms. The number of carbonyl (C=O) groups excluding carboxylic acids is 1. The number of hydrogen-bond donors (Lipinski definition) is 1. The van der Waals surface area contributed by atoms with Gasteiger partial charge in [0.15, 0.2) is 11.0 Å². The van der Waals surface area contributed by atoms with E-state index in [2.05, 4.69) is 20.7 Å². The van der Waals surface area contributed by atoms with Crippen LogP contribution in [0.25, 0.3) is 17.1 Å². The van der Waals surface area contributed by atoms with Crippen LogP contribution in [0.5, 0.6) is 0 Å². The molecule has 0 aliphatic rings. The van der Waals surface area contributed by atoms with Gasteiger partial charge in [-0.15, -0.1) is 10.2 Å². The van der Waals surface area contributed by atoms with Crippen molar-refractivity contribution in [1.29, 1.82) is 0 Å². The minimum Gasteiger partial charge on any atom is -0.272 e. The van der Waals surface area contributed by atoms with Crippen LogP contribution in [0.1, 0.15) is 5.56 Å². The Balaban J connectivity index is 1.52. The minimum absolute atomic E-state index is 0.0895. The Labute approximate surface area is 209 Å². The molecule has 1 N–H and O–H groups in total. The molecule has 1 heterocycles. The van der Waals surface area contributed by atoms with Gasteiger partial charge in [0, 0.05) is 31.9 Å². The molecule has 0 bridgehead atoms. The molecule has 10 heteroatoms. The van der Waals surface area contributed by atoms with Crippen molar-refractivity contribution in [3.63, 3.8) is 0 Å². The van der Waals surface area contributed by atoms with Gasteiger partial charge >= 0.3 is 0 Å². The predicted molar refractivity (Wildman–Crippen MR) is 135 cm³/mol. The molecule has 3 aromatic carbocycles. The summed E-state index contributed by atoms with van der Waals surface area (Å²) in [5, 5.41) is 15.0. The van der Waals surface area contributed by atoms with Gasteiger partial charge in [0.1, 0.15) is 0 Å². The summed E-state index contributed by atoms with van der Waals surface area (Å²) >= 11 is 19.4. The third-order valence-corrected chi connectivity index (χ3v) is 6.23. The van der Waals surface area contributed by atoms with Gasteiger partial charge in [-0.3, -0.25) is 9.36 Å². The second-order valence-electron chi connectivity index (χ2n) is 6.73. The molecule has 0 fully saturated rings. The van der Waals surface area contributed by atoms with Crippen molar-refractivity contribution in [2.75, 3.05) is 5.75 Å². The standard InChI is InChI=1S/C23H16Cl3N5OS/c24-17-7-5-15(6-8-17)22-29-30-23(31(22)19-11-9-18(25)10-12-19)33-14-21(32)28-27-13-16-3-1-2-4-20(16)26/h1-13H,14H2,(H,28,32)/b27-13-. The molecule has 166 valence electrons. The van der Waals surface area contributed by atoms with Crippen LogP contribution in [0, 0.1) is 0 Å². The normalized spacial score (nSPS) is 11.1. The van der Waals surface area contributed by atoms with Gasteiger partial charge in [0.25, 0.3) is 5.91 Å². The Morgan fingerprint density at radius 2 is 1.61 bits per heavy atom. The Morgan fingerprint density at radius 3 is 2.30 bits per heavy atom. The van der Waals surface area contributed by atoms with Crippen molar-refractivity contribution in [3.05, 3.63) is 93.4 Å². The second kappa shape index (κ2) is 10.9. The maximum absolute atomic E-state index is 12.3. The third kappa shape index (κ3) is 5.94. The van der Waals surface area contributed by atoms with Gasteiger partial charge in [-0.05, 0) is 54.6 Å². The van der Waals surface area contributed by atoms with E-state index < -0.39 is 0 Å². The third-order valence-electron chi connectivity index (χ3n) is 4.45. The van der Waals surface area contributed by atoms with Gasteiger partial charge in [0.05, 0.1) is 12.0 Å². The number of hydrazone groups is 1. The van der Waals surface area contributed by atoms with Crippen molar-refractivity contribution in [2.45, 2.75) is 5.16 Å². The Bertz CT molecular complexity index is 1290. The number of halogens is 3. The maximum atomic E-state index is 12.3. The molecule has 0 radical (unpaired) electrons. The number of amides is 1. The highest BCUT2D eigenvalue weighted by atomic mass is 35.5. The van der Waals surface area contributed by atoms with E-state index >= 15 is 0 Å². The number of aromatic nitrogens is 3. The Hall–Kier alpha value is -2.84. The number of carbonyl (C=O) groups is 1. The Morgan fingerprint density at radius 1 is 0.939 bits per heavy atom. The molecule has 0 saturated carbocycles. The molecule has 0 spiro atoms. The van der Waals surface area contributed by atoms with Crippen molar-refractivity contribution < 1.29 is 4.79 Å². The highest BCUT2D eigenvalue weighted by Crippen LogP contribution is 2.29. The van der Waals surface area contributed by atoms with Crippen LogP contribution in [-0.2, 0) is 4.79 Å². The van der Waals surface area contributed by atoms with Gasteiger partial charge in [0.2, 0.25) is 0 Å². The summed E-state index contributed by atoms with van der Waals surface area (Å²) < 4.78 is 1.87. The molecule has 1 amide bonds. The first-order valence-electron chi connectivity index (χ1n) is 9.68. The SMILES string of the molecule is O=C(CSc1nnc(-c2ccc(Cl)cc2)n1-c1ccc(Cl)cc1)N/N=C\c1ccccc1Cl. The Kier molecular flexibility index (Phi) is 7.67. The molecule has 0 aliphatic carbocycles. The number of nitrogens with zero attached hydrogens (tertiary/aromatic N) is 4. The monoisotopic (exact) mass is 515 g/mol. The van der Waals surface area contributed by atoms with Crippen molar-refractivity contribution in [2.24, 2.45) is 5.10 Å². The highest BCUT2D eigenvalue weighted by molar-refractivity contribution is 7.99. The topological polar surface area (TPSA) is 72.2 Å². The quantitative estimate of drug-likeness (QED) is 0.182. The van der Waals surface area contributed by atoms with E-state index in [1.54, 1.807) is 36.4 Å². The fourth-order valence-electron chi connectivity index (χ4n) is 2.89. The molecule has 4 aromatic rings. The summed E-state index contributed by atoms with van der Waals surface area (Å²) in [5.74, 6) is 0.419. The first-order chi connectivity index (χ1) is 16.0. The lowest BCUT2D eigenvalue weighted by Crippen LogP contribution is -2.20. The molecule has 1 aromatic heterocycles. The molecule has 0 unspecified atom stereocenters. The zero-order chi connectivity index (χ0) is 23.2. The van der Waals surface area contributed by atoms with Crippen LogP contribution in [-0.4, -0.2) is 32.6 Å². The number of thioether (sulfide) groups is 1. The minimum atomic E-state index is -0.290. The van der Waals surface area contributed by atoms with Crippen LogP contribution in [0.2, 0.25) is 15.1 Å². The number of nitrogens with one attached hydrogen (secondary N) is 1. The van der Waals surface area contributed by atoms with Gasteiger partial charge < -0.3 is 0 Å². The van der Waals surface area contributed by atoms with Gasteiger partial charge in [-0.2, -0.15) is 5.10 Å². The lowest BCUT2D eigenvalue weighted by molar-refractivity contribution is -0.118. The first kappa shape index (κ1) is 23.3. The number of benzene rings is 3. The number of rotatable bonds is 7. The highest BCUT2D eigenvalue weighted by Gasteiger charge is 2.17. The first-order valence-corrected chi connectivity index (χ1v) is 11.8. The summed E-state index contributed by atoms with van der Waals surface area (Å²) in [7, 11) is 0. The van der Waals surface area contributed by atoms with Gasteiger partial charge in [-0.1, -0.05) is 64.8 Å². The van der Waals surface area contributed by atoms with Crippen LogP contribution in [0.4, 0.5) is 0 Å². The van der Waals surface area contributed by atoms with E-state index in [0.29, 0.717) is 31.6 Å². The molecular weight excluding hydrogens is 501 g/mol. The smallest absolute Gasteiger partial charge is 0.250 e. The van der Waals surface area contributed by atoms with Crippen LogP contribution in [0.15, 0.2) is 83.1 Å². The van der Waals surface area contributed by atoms with Crippen molar-refractivity contribution in [1.82, 2.24) is 20.2 Å². The van der Waals surface area contributed by atoms with Crippen LogP contribution in [0.3, 0.4) is 0 Å². The molecule has 0 saturated heterocycles. The second-order valence-corrected chi connectivity index (χ2v) is 8.95. The van der Waals surface area contributed by atoms with E-state index in [4.69, 9.17) is 34.8 Å².